The summed E-state index contributed by atoms with van der Waals surface area (Å²) in [6.07, 6.45) is 2.29. The number of rotatable bonds is 6. The average molecular weight is 249 g/mol. The molecule has 0 aliphatic rings. The number of carbonyl (C=O) groups is 1. The normalized spacial score (nSPS) is 10.2. The smallest absolute Gasteiger partial charge is 0.251 e. The lowest BCUT2D eigenvalue weighted by Crippen LogP contribution is -2.23. The third-order valence-corrected chi connectivity index (χ3v) is 2.89. The first-order valence-corrected chi connectivity index (χ1v) is 6.49. The molecule has 0 spiro atoms. The minimum Gasteiger partial charge on any atom is -0.397 e. The molecule has 1 amide bonds. The van der Waals surface area contributed by atoms with Crippen LogP contribution < -0.4 is 16.0 Å². The van der Waals surface area contributed by atoms with Crippen molar-refractivity contribution >= 4 is 17.3 Å². The predicted octanol–water partition coefficient (Wildman–Crippen LogP) is 2.25. The van der Waals surface area contributed by atoms with Crippen LogP contribution in [-0.4, -0.2) is 26.0 Å². The zero-order chi connectivity index (χ0) is 13.5. The number of benzene rings is 1. The highest BCUT2D eigenvalue weighted by atomic mass is 16.1. The van der Waals surface area contributed by atoms with E-state index in [1.807, 2.05) is 26.1 Å². The van der Waals surface area contributed by atoms with Gasteiger partial charge >= 0.3 is 0 Å². The van der Waals surface area contributed by atoms with Crippen molar-refractivity contribution in [2.24, 2.45) is 0 Å². The SMILES string of the molecule is CCCCN(C)c1ccc(C(=O)NCC)cc1N. The summed E-state index contributed by atoms with van der Waals surface area (Å²) in [4.78, 5) is 13.8. The largest absolute Gasteiger partial charge is 0.397 e. The molecule has 0 aliphatic heterocycles. The van der Waals surface area contributed by atoms with E-state index in [9.17, 15) is 4.79 Å². The molecule has 0 fully saturated rings. The maximum atomic E-state index is 11.7. The summed E-state index contributed by atoms with van der Waals surface area (Å²) < 4.78 is 0. The van der Waals surface area contributed by atoms with Crippen molar-refractivity contribution < 1.29 is 4.79 Å². The van der Waals surface area contributed by atoms with E-state index in [0.717, 1.165) is 25.1 Å². The van der Waals surface area contributed by atoms with Crippen LogP contribution in [0.15, 0.2) is 18.2 Å². The van der Waals surface area contributed by atoms with E-state index in [4.69, 9.17) is 5.73 Å². The molecule has 0 aromatic heterocycles. The topological polar surface area (TPSA) is 58.4 Å². The van der Waals surface area contributed by atoms with Crippen LogP contribution in [0.5, 0.6) is 0 Å². The van der Waals surface area contributed by atoms with Crippen LogP contribution in [0.3, 0.4) is 0 Å². The maximum absolute atomic E-state index is 11.7. The first-order chi connectivity index (χ1) is 8.60. The van der Waals surface area contributed by atoms with E-state index in [-0.39, 0.29) is 5.91 Å². The van der Waals surface area contributed by atoms with Crippen LogP contribution >= 0.6 is 0 Å². The Hall–Kier alpha value is -1.71. The lowest BCUT2D eigenvalue weighted by Gasteiger charge is -2.21. The molecule has 1 rings (SSSR count). The molecule has 3 N–H and O–H groups in total. The van der Waals surface area contributed by atoms with Gasteiger partial charge in [-0.3, -0.25) is 4.79 Å². The highest BCUT2D eigenvalue weighted by Gasteiger charge is 2.09. The van der Waals surface area contributed by atoms with Gasteiger partial charge in [0.15, 0.2) is 0 Å². The molecular formula is C14H23N3O. The van der Waals surface area contributed by atoms with Crippen LogP contribution in [0.1, 0.15) is 37.0 Å². The number of nitrogens with two attached hydrogens (primary N) is 1. The van der Waals surface area contributed by atoms with Gasteiger partial charge in [-0.25, -0.2) is 0 Å². The molecule has 0 heterocycles. The zero-order valence-electron chi connectivity index (χ0n) is 11.5. The Labute approximate surface area is 109 Å². The predicted molar refractivity (Wildman–Crippen MR) is 77.0 cm³/mol. The lowest BCUT2D eigenvalue weighted by atomic mass is 10.1. The summed E-state index contributed by atoms with van der Waals surface area (Å²) in [6.45, 7) is 5.65. The number of anilines is 2. The number of hydrogen-bond donors (Lipinski definition) is 2. The Morgan fingerprint density at radius 3 is 2.67 bits per heavy atom. The summed E-state index contributed by atoms with van der Waals surface area (Å²) in [7, 11) is 2.02. The summed E-state index contributed by atoms with van der Waals surface area (Å²) in [5, 5.41) is 2.76. The first-order valence-electron chi connectivity index (χ1n) is 6.49. The summed E-state index contributed by atoms with van der Waals surface area (Å²) >= 11 is 0. The molecule has 18 heavy (non-hydrogen) atoms. The van der Waals surface area contributed by atoms with Gasteiger partial charge in [-0.05, 0) is 31.5 Å². The molecule has 0 unspecified atom stereocenters. The summed E-state index contributed by atoms with van der Waals surface area (Å²) in [5.74, 6) is -0.0769. The number of unbranched alkanes of at least 4 members (excludes halogenated alkanes) is 1. The fraction of sp³-hybridized carbons (Fsp3) is 0.500. The van der Waals surface area contributed by atoms with Crippen molar-refractivity contribution in [2.45, 2.75) is 26.7 Å². The van der Waals surface area contributed by atoms with E-state index in [1.54, 1.807) is 6.07 Å². The van der Waals surface area contributed by atoms with E-state index in [0.29, 0.717) is 17.8 Å². The zero-order valence-corrected chi connectivity index (χ0v) is 11.5. The molecule has 100 valence electrons. The number of nitrogen functional groups attached to an aromatic ring is 1. The third kappa shape index (κ3) is 3.65. The molecular weight excluding hydrogens is 226 g/mol. The van der Waals surface area contributed by atoms with Crippen LogP contribution in [0.4, 0.5) is 11.4 Å². The van der Waals surface area contributed by atoms with Gasteiger partial charge in [0.25, 0.3) is 5.91 Å². The van der Waals surface area contributed by atoms with Crippen LogP contribution in [0.25, 0.3) is 0 Å². The fourth-order valence-electron chi connectivity index (χ4n) is 1.82. The van der Waals surface area contributed by atoms with Crippen molar-refractivity contribution in [1.82, 2.24) is 5.32 Å². The minimum absolute atomic E-state index is 0.0769. The number of carbonyl (C=O) groups excluding carboxylic acids is 1. The molecule has 0 saturated carbocycles. The van der Waals surface area contributed by atoms with Gasteiger partial charge in [-0.15, -0.1) is 0 Å². The molecule has 4 heteroatoms. The molecule has 1 aromatic carbocycles. The number of nitrogens with zero attached hydrogens (tertiary/aromatic N) is 1. The van der Waals surface area contributed by atoms with Gasteiger partial charge < -0.3 is 16.0 Å². The van der Waals surface area contributed by atoms with Crippen molar-refractivity contribution in [2.75, 3.05) is 30.8 Å². The minimum atomic E-state index is -0.0769. The summed E-state index contributed by atoms with van der Waals surface area (Å²) in [5.41, 5.74) is 8.25. The van der Waals surface area contributed by atoms with E-state index in [1.165, 1.54) is 0 Å². The standard InChI is InChI=1S/C14H23N3O/c1-4-6-9-17(3)13-8-7-11(10-12(13)15)14(18)16-5-2/h7-8,10H,4-6,9,15H2,1-3H3,(H,16,18). The van der Waals surface area contributed by atoms with E-state index >= 15 is 0 Å². The van der Waals surface area contributed by atoms with Crippen molar-refractivity contribution in [1.29, 1.82) is 0 Å². The van der Waals surface area contributed by atoms with Gasteiger partial charge in [0.2, 0.25) is 0 Å². The first kappa shape index (κ1) is 14.4. The maximum Gasteiger partial charge on any atom is 0.251 e. The third-order valence-electron chi connectivity index (χ3n) is 2.89. The quantitative estimate of drug-likeness (QED) is 0.760. The summed E-state index contributed by atoms with van der Waals surface area (Å²) in [6, 6.07) is 5.47. The second-order valence-corrected chi connectivity index (χ2v) is 4.41. The molecule has 0 saturated heterocycles. The van der Waals surface area contributed by atoms with Crippen molar-refractivity contribution in [3.63, 3.8) is 0 Å². The Kier molecular flexibility index (Phi) is 5.49. The molecule has 4 nitrogen and oxygen atoms in total. The Balaban J connectivity index is 2.82. The Morgan fingerprint density at radius 2 is 2.11 bits per heavy atom. The Morgan fingerprint density at radius 1 is 1.39 bits per heavy atom. The van der Waals surface area contributed by atoms with E-state index in [2.05, 4.69) is 17.1 Å². The van der Waals surface area contributed by atoms with Gasteiger partial charge in [0, 0.05) is 25.7 Å². The van der Waals surface area contributed by atoms with Gasteiger partial charge in [-0.1, -0.05) is 13.3 Å². The van der Waals surface area contributed by atoms with Crippen molar-refractivity contribution in [3.05, 3.63) is 23.8 Å². The van der Waals surface area contributed by atoms with Crippen LogP contribution in [-0.2, 0) is 0 Å². The highest BCUT2D eigenvalue weighted by Crippen LogP contribution is 2.23. The van der Waals surface area contributed by atoms with E-state index < -0.39 is 0 Å². The molecule has 0 atom stereocenters. The van der Waals surface area contributed by atoms with Gasteiger partial charge in [-0.2, -0.15) is 0 Å². The second kappa shape index (κ2) is 6.89. The number of amides is 1. The Bertz CT molecular complexity index is 404. The monoisotopic (exact) mass is 249 g/mol. The van der Waals surface area contributed by atoms with Crippen molar-refractivity contribution in [3.8, 4) is 0 Å². The average Bonchev–Trinajstić information content (AvgIpc) is 2.36. The molecule has 1 aromatic rings. The van der Waals surface area contributed by atoms with Gasteiger partial charge in [0.05, 0.1) is 11.4 Å². The molecule has 0 bridgehead atoms. The van der Waals surface area contributed by atoms with Gasteiger partial charge in [0.1, 0.15) is 0 Å². The molecule has 0 radical (unpaired) electrons. The fourth-order valence-corrected chi connectivity index (χ4v) is 1.82. The van der Waals surface area contributed by atoms with Crippen LogP contribution in [0, 0.1) is 0 Å². The number of nitrogens with one attached hydrogen (secondary N) is 1. The molecule has 0 aliphatic carbocycles. The second-order valence-electron chi connectivity index (χ2n) is 4.41. The lowest BCUT2D eigenvalue weighted by molar-refractivity contribution is 0.0956. The highest BCUT2D eigenvalue weighted by molar-refractivity contribution is 5.96. The number of hydrogen-bond acceptors (Lipinski definition) is 3. The van der Waals surface area contributed by atoms with Crippen LogP contribution in [0.2, 0.25) is 0 Å².